The largest absolute Gasteiger partial charge is 0.508 e. The average molecular weight is 489 g/mol. The average Bonchev–Trinajstić information content (AvgIpc) is 2.81. The molecule has 0 fully saturated rings. The molecule has 2 aromatic rings. The first kappa shape index (κ1) is 27.4. The molecule has 0 saturated heterocycles. The number of carbonyl (C=O) groups is 3. The zero-order chi connectivity index (χ0) is 25.3. The SMILES string of the molecule is CC(C)C(S)C(=O)CC(OCc1ccccc1)C(N)C(=O)N[C@@H](Cc1ccc(O)cc1)C(=O)O. The molecule has 0 radical (unpaired) electrons. The molecule has 1 amide bonds. The van der Waals surface area contributed by atoms with E-state index in [1.165, 1.54) is 12.1 Å². The predicted molar refractivity (Wildman–Crippen MR) is 132 cm³/mol. The van der Waals surface area contributed by atoms with Gasteiger partial charge in [0.2, 0.25) is 5.91 Å². The number of phenols is 1. The number of rotatable bonds is 13. The molecule has 184 valence electrons. The van der Waals surface area contributed by atoms with Crippen molar-refractivity contribution in [3.8, 4) is 5.75 Å². The van der Waals surface area contributed by atoms with Crippen molar-refractivity contribution in [2.24, 2.45) is 11.7 Å². The number of nitrogens with one attached hydrogen (secondary N) is 1. The molecule has 0 spiro atoms. The highest BCUT2D eigenvalue weighted by atomic mass is 32.1. The summed E-state index contributed by atoms with van der Waals surface area (Å²) in [4.78, 5) is 37.3. The molecule has 0 bridgehead atoms. The number of carbonyl (C=O) groups excluding carboxylic acids is 2. The third-order valence-electron chi connectivity index (χ3n) is 5.36. The number of benzene rings is 2. The summed E-state index contributed by atoms with van der Waals surface area (Å²) < 4.78 is 5.87. The zero-order valence-electron chi connectivity index (χ0n) is 19.3. The number of ether oxygens (including phenoxy) is 1. The van der Waals surface area contributed by atoms with Gasteiger partial charge in [0.25, 0.3) is 0 Å². The van der Waals surface area contributed by atoms with Crippen LogP contribution in [0.5, 0.6) is 5.75 Å². The summed E-state index contributed by atoms with van der Waals surface area (Å²) in [6.07, 6.45) is -1.11. The van der Waals surface area contributed by atoms with E-state index in [-0.39, 0.29) is 36.9 Å². The number of aliphatic carboxylic acids is 1. The summed E-state index contributed by atoms with van der Waals surface area (Å²) in [5.74, 6) is -2.15. The van der Waals surface area contributed by atoms with E-state index in [0.717, 1.165) is 5.56 Å². The zero-order valence-corrected chi connectivity index (χ0v) is 20.2. The molecule has 0 saturated carbocycles. The Hall–Kier alpha value is -2.88. The van der Waals surface area contributed by atoms with E-state index >= 15 is 0 Å². The van der Waals surface area contributed by atoms with Crippen LogP contribution in [0.15, 0.2) is 54.6 Å². The monoisotopic (exact) mass is 488 g/mol. The lowest BCUT2D eigenvalue weighted by molar-refractivity contribution is -0.143. The molecule has 2 rings (SSSR count). The Bertz CT molecular complexity index is 952. The Balaban J connectivity index is 2.13. The molecule has 0 aliphatic rings. The van der Waals surface area contributed by atoms with E-state index in [4.69, 9.17) is 10.5 Å². The van der Waals surface area contributed by atoms with Crippen LogP contribution in [0.3, 0.4) is 0 Å². The lowest BCUT2D eigenvalue weighted by Crippen LogP contribution is -2.54. The normalized spacial score (nSPS) is 14.7. The lowest BCUT2D eigenvalue weighted by atomic mass is 9.98. The van der Waals surface area contributed by atoms with Gasteiger partial charge in [0.1, 0.15) is 23.6 Å². The maximum atomic E-state index is 12.9. The van der Waals surface area contributed by atoms with Gasteiger partial charge in [0.15, 0.2) is 0 Å². The third-order valence-corrected chi connectivity index (χ3v) is 6.25. The second-order valence-electron chi connectivity index (χ2n) is 8.49. The van der Waals surface area contributed by atoms with Crippen LogP contribution in [-0.4, -0.2) is 51.3 Å². The third kappa shape index (κ3) is 8.48. The first-order valence-corrected chi connectivity index (χ1v) is 11.5. The number of thiol groups is 1. The topological polar surface area (TPSA) is 139 Å². The van der Waals surface area contributed by atoms with Crippen molar-refractivity contribution < 1.29 is 29.3 Å². The van der Waals surface area contributed by atoms with Crippen molar-refractivity contribution in [2.45, 2.75) is 56.7 Å². The van der Waals surface area contributed by atoms with Crippen molar-refractivity contribution in [3.63, 3.8) is 0 Å². The van der Waals surface area contributed by atoms with Gasteiger partial charge in [0.05, 0.1) is 18.0 Å². The molecule has 0 aromatic heterocycles. The number of aromatic hydroxyl groups is 1. The van der Waals surface area contributed by atoms with E-state index < -0.39 is 35.3 Å². The second-order valence-corrected chi connectivity index (χ2v) is 9.05. The van der Waals surface area contributed by atoms with Gasteiger partial charge in [-0.15, -0.1) is 0 Å². The molecule has 34 heavy (non-hydrogen) atoms. The molecule has 0 heterocycles. The van der Waals surface area contributed by atoms with Gasteiger partial charge in [0, 0.05) is 12.8 Å². The summed E-state index contributed by atoms with van der Waals surface area (Å²) >= 11 is 4.36. The fourth-order valence-electron chi connectivity index (χ4n) is 3.26. The van der Waals surface area contributed by atoms with Crippen LogP contribution < -0.4 is 11.1 Å². The van der Waals surface area contributed by atoms with Crippen LogP contribution in [0.2, 0.25) is 0 Å². The second kappa shape index (κ2) is 13.1. The predicted octanol–water partition coefficient (Wildman–Crippen LogP) is 2.33. The van der Waals surface area contributed by atoms with Crippen LogP contribution in [0, 0.1) is 5.92 Å². The van der Waals surface area contributed by atoms with Gasteiger partial charge in [-0.25, -0.2) is 4.79 Å². The summed E-state index contributed by atoms with van der Waals surface area (Å²) in [7, 11) is 0. The van der Waals surface area contributed by atoms with Gasteiger partial charge in [-0.1, -0.05) is 56.3 Å². The molecule has 2 aromatic carbocycles. The molecule has 3 unspecified atom stereocenters. The van der Waals surface area contributed by atoms with E-state index in [1.807, 2.05) is 44.2 Å². The Morgan fingerprint density at radius 2 is 1.65 bits per heavy atom. The van der Waals surface area contributed by atoms with Crippen molar-refractivity contribution in [3.05, 3.63) is 65.7 Å². The van der Waals surface area contributed by atoms with E-state index in [0.29, 0.717) is 5.56 Å². The van der Waals surface area contributed by atoms with Crippen LogP contribution in [0.4, 0.5) is 0 Å². The number of hydrogen-bond donors (Lipinski definition) is 5. The maximum Gasteiger partial charge on any atom is 0.326 e. The fraction of sp³-hybridized carbons (Fsp3) is 0.400. The van der Waals surface area contributed by atoms with Gasteiger partial charge in [-0.3, -0.25) is 9.59 Å². The van der Waals surface area contributed by atoms with E-state index in [1.54, 1.807) is 12.1 Å². The van der Waals surface area contributed by atoms with Crippen LogP contribution in [0.25, 0.3) is 0 Å². The summed E-state index contributed by atoms with van der Waals surface area (Å²) in [5.41, 5.74) is 7.63. The van der Waals surface area contributed by atoms with Crippen molar-refractivity contribution in [2.75, 3.05) is 0 Å². The summed E-state index contributed by atoms with van der Waals surface area (Å²) in [5, 5.41) is 20.9. The van der Waals surface area contributed by atoms with Crippen molar-refractivity contribution in [1.29, 1.82) is 0 Å². The fourth-order valence-corrected chi connectivity index (χ4v) is 3.37. The number of carboxylic acids is 1. The van der Waals surface area contributed by atoms with Gasteiger partial charge in [-0.05, 0) is 29.2 Å². The van der Waals surface area contributed by atoms with Crippen LogP contribution >= 0.6 is 12.6 Å². The molecule has 8 nitrogen and oxygen atoms in total. The van der Waals surface area contributed by atoms with Gasteiger partial charge < -0.3 is 26.0 Å². The first-order valence-electron chi connectivity index (χ1n) is 11.0. The van der Waals surface area contributed by atoms with Crippen LogP contribution in [0.1, 0.15) is 31.4 Å². The molecule has 5 N–H and O–H groups in total. The highest BCUT2D eigenvalue weighted by Gasteiger charge is 2.32. The Morgan fingerprint density at radius 1 is 1.03 bits per heavy atom. The minimum atomic E-state index is -1.28. The van der Waals surface area contributed by atoms with Crippen molar-refractivity contribution in [1.82, 2.24) is 5.32 Å². The number of phenolic OH excluding ortho intramolecular Hbond substituents is 1. The number of Topliss-reactive ketones (excluding diaryl/α,β-unsaturated/α-hetero) is 1. The minimum Gasteiger partial charge on any atom is -0.508 e. The Kier molecular flexibility index (Phi) is 10.6. The molecule has 0 aliphatic heterocycles. The molecule has 9 heteroatoms. The molecule has 0 aliphatic carbocycles. The van der Waals surface area contributed by atoms with Crippen molar-refractivity contribution >= 4 is 30.3 Å². The van der Waals surface area contributed by atoms with Gasteiger partial charge in [-0.2, -0.15) is 12.6 Å². The lowest BCUT2D eigenvalue weighted by Gasteiger charge is -2.26. The maximum absolute atomic E-state index is 12.9. The number of amides is 1. The number of hydrogen-bond acceptors (Lipinski definition) is 7. The van der Waals surface area contributed by atoms with E-state index in [2.05, 4.69) is 17.9 Å². The Morgan fingerprint density at radius 3 is 2.21 bits per heavy atom. The number of ketones is 1. The van der Waals surface area contributed by atoms with E-state index in [9.17, 15) is 24.6 Å². The molecular weight excluding hydrogens is 456 g/mol. The summed E-state index contributed by atoms with van der Waals surface area (Å²) in [6.45, 7) is 3.86. The molecule has 4 atom stereocenters. The summed E-state index contributed by atoms with van der Waals surface area (Å²) in [6, 6.07) is 12.7. The quantitative estimate of drug-likeness (QED) is 0.273. The van der Waals surface area contributed by atoms with Crippen LogP contribution in [-0.2, 0) is 32.1 Å². The minimum absolute atomic E-state index is 0.00535. The smallest absolute Gasteiger partial charge is 0.326 e. The highest BCUT2D eigenvalue weighted by Crippen LogP contribution is 2.17. The number of carboxylic acid groups (broad SMARTS) is 1. The standard InChI is InChI=1S/C25H32N2O6S/c1-15(2)23(34)20(29)13-21(33-14-17-6-4-3-5-7-17)22(26)24(30)27-19(25(31)32)12-16-8-10-18(28)11-9-16/h3-11,15,19,21-23,28,34H,12-14,26H2,1-2H3,(H,27,30)(H,31,32)/t19-,21?,22?,23?/m0/s1. The molecular formula is C25H32N2O6S. The van der Waals surface area contributed by atoms with Gasteiger partial charge >= 0.3 is 5.97 Å². The Labute approximate surface area is 204 Å². The number of nitrogens with two attached hydrogens (primary N) is 1. The highest BCUT2D eigenvalue weighted by molar-refractivity contribution is 7.81. The first-order chi connectivity index (χ1) is 16.1.